The van der Waals surface area contributed by atoms with Crippen LogP contribution in [0.3, 0.4) is 0 Å². The predicted octanol–water partition coefficient (Wildman–Crippen LogP) is 4.11. The first-order valence-electron chi connectivity index (χ1n) is 7.85. The fraction of sp³-hybridized carbons (Fsp3) is 0.647. The molecule has 0 fully saturated rings. The number of hydrogen-bond acceptors (Lipinski definition) is 2. The maximum Gasteiger partial charge on any atom is 0.0414 e. The van der Waals surface area contributed by atoms with Crippen LogP contribution < -0.4 is 10.6 Å². The van der Waals surface area contributed by atoms with Crippen LogP contribution in [0, 0.1) is 5.92 Å². The van der Waals surface area contributed by atoms with Gasteiger partial charge in [0, 0.05) is 24.8 Å². The smallest absolute Gasteiger partial charge is 0.0414 e. The minimum absolute atomic E-state index is 0.225. The van der Waals surface area contributed by atoms with Gasteiger partial charge >= 0.3 is 0 Å². The Labute approximate surface area is 118 Å². The molecule has 2 unspecified atom stereocenters. The Hall–Kier alpha value is -1.02. The SMILES string of the molecule is CCCCC(CC)CN1CCC(N)c2ccccc21. The zero-order chi connectivity index (χ0) is 13.7. The van der Waals surface area contributed by atoms with Gasteiger partial charge in [0.05, 0.1) is 0 Å². The highest BCUT2D eigenvalue weighted by Gasteiger charge is 2.23. The molecule has 0 saturated carbocycles. The third-order valence-corrected chi connectivity index (χ3v) is 4.41. The first-order chi connectivity index (χ1) is 9.26. The molecule has 0 bridgehead atoms. The number of hydrogen-bond donors (Lipinski definition) is 1. The lowest BCUT2D eigenvalue weighted by molar-refractivity contribution is 0.435. The Kier molecular flexibility index (Phi) is 5.26. The summed E-state index contributed by atoms with van der Waals surface area (Å²) >= 11 is 0. The van der Waals surface area contributed by atoms with Crippen LogP contribution in [0.1, 0.15) is 57.6 Å². The van der Waals surface area contributed by atoms with Gasteiger partial charge < -0.3 is 10.6 Å². The highest BCUT2D eigenvalue weighted by atomic mass is 15.1. The number of nitrogens with two attached hydrogens (primary N) is 1. The van der Waals surface area contributed by atoms with Gasteiger partial charge in [-0.3, -0.25) is 0 Å². The van der Waals surface area contributed by atoms with Gasteiger partial charge in [0.1, 0.15) is 0 Å². The average Bonchev–Trinajstić information content (AvgIpc) is 2.46. The third kappa shape index (κ3) is 3.50. The van der Waals surface area contributed by atoms with E-state index in [1.165, 1.54) is 43.5 Å². The van der Waals surface area contributed by atoms with Crippen molar-refractivity contribution in [1.29, 1.82) is 0 Å². The summed E-state index contributed by atoms with van der Waals surface area (Å²) in [5.74, 6) is 0.822. The van der Waals surface area contributed by atoms with Gasteiger partial charge in [-0.05, 0) is 30.4 Å². The molecule has 0 radical (unpaired) electrons. The van der Waals surface area contributed by atoms with E-state index in [-0.39, 0.29) is 6.04 Å². The van der Waals surface area contributed by atoms with Gasteiger partial charge in [-0.1, -0.05) is 51.3 Å². The van der Waals surface area contributed by atoms with Crippen LogP contribution >= 0.6 is 0 Å². The summed E-state index contributed by atoms with van der Waals surface area (Å²) in [5.41, 5.74) is 8.93. The number of fused-ring (bicyclic) bond motifs is 1. The van der Waals surface area contributed by atoms with Crippen LogP contribution in [0.5, 0.6) is 0 Å². The average molecular weight is 260 g/mol. The Morgan fingerprint density at radius 3 is 2.84 bits per heavy atom. The molecule has 1 aliphatic heterocycles. The molecule has 2 nitrogen and oxygen atoms in total. The summed E-state index contributed by atoms with van der Waals surface area (Å²) in [6, 6.07) is 8.90. The Balaban J connectivity index is 2.07. The molecule has 0 saturated heterocycles. The number of unbranched alkanes of at least 4 members (excludes halogenated alkanes) is 1. The standard InChI is InChI=1S/C17H28N2/c1-3-5-8-14(4-2)13-19-12-11-16(18)15-9-6-7-10-17(15)19/h6-7,9-10,14,16H,3-5,8,11-13,18H2,1-2H3. The minimum atomic E-state index is 0.225. The minimum Gasteiger partial charge on any atom is -0.371 e. The van der Waals surface area contributed by atoms with Gasteiger partial charge in [-0.15, -0.1) is 0 Å². The summed E-state index contributed by atoms with van der Waals surface area (Å²) in [7, 11) is 0. The summed E-state index contributed by atoms with van der Waals surface area (Å²) in [4.78, 5) is 2.56. The van der Waals surface area contributed by atoms with Gasteiger partial charge in [0.2, 0.25) is 0 Å². The Morgan fingerprint density at radius 1 is 1.32 bits per heavy atom. The Bertz CT molecular complexity index is 389. The fourth-order valence-corrected chi connectivity index (χ4v) is 3.08. The molecule has 0 spiro atoms. The second-order valence-electron chi connectivity index (χ2n) is 5.82. The van der Waals surface area contributed by atoms with Crippen molar-refractivity contribution < 1.29 is 0 Å². The molecule has 1 aromatic rings. The molecule has 1 aliphatic rings. The number of para-hydroxylation sites is 1. The van der Waals surface area contributed by atoms with E-state index in [0.717, 1.165) is 18.9 Å². The molecule has 1 heterocycles. The second kappa shape index (κ2) is 6.95. The predicted molar refractivity (Wildman–Crippen MR) is 83.5 cm³/mol. The lowest BCUT2D eigenvalue weighted by Gasteiger charge is -2.36. The molecule has 19 heavy (non-hydrogen) atoms. The molecule has 2 N–H and O–H groups in total. The van der Waals surface area contributed by atoms with Crippen molar-refractivity contribution in [3.05, 3.63) is 29.8 Å². The monoisotopic (exact) mass is 260 g/mol. The zero-order valence-electron chi connectivity index (χ0n) is 12.4. The molecule has 0 amide bonds. The number of nitrogens with zero attached hydrogens (tertiary/aromatic N) is 1. The normalized spacial score (nSPS) is 20.2. The molecule has 0 aliphatic carbocycles. The van der Waals surface area contributed by atoms with Crippen molar-refractivity contribution in [2.75, 3.05) is 18.0 Å². The summed E-state index contributed by atoms with van der Waals surface area (Å²) < 4.78 is 0. The molecule has 1 aromatic carbocycles. The van der Waals surface area contributed by atoms with Crippen LogP contribution in [-0.2, 0) is 0 Å². The molecule has 2 heteroatoms. The van der Waals surface area contributed by atoms with E-state index in [0.29, 0.717) is 0 Å². The van der Waals surface area contributed by atoms with E-state index >= 15 is 0 Å². The second-order valence-corrected chi connectivity index (χ2v) is 5.82. The maximum atomic E-state index is 6.23. The third-order valence-electron chi connectivity index (χ3n) is 4.41. The van der Waals surface area contributed by atoms with Gasteiger partial charge in [0.25, 0.3) is 0 Å². The zero-order valence-corrected chi connectivity index (χ0v) is 12.4. The van der Waals surface area contributed by atoms with Crippen LogP contribution in [0.15, 0.2) is 24.3 Å². The van der Waals surface area contributed by atoms with E-state index in [1.54, 1.807) is 0 Å². The number of anilines is 1. The van der Waals surface area contributed by atoms with Crippen molar-refractivity contribution in [3.8, 4) is 0 Å². The highest BCUT2D eigenvalue weighted by Crippen LogP contribution is 2.33. The van der Waals surface area contributed by atoms with Gasteiger partial charge in [0.15, 0.2) is 0 Å². The van der Waals surface area contributed by atoms with E-state index in [9.17, 15) is 0 Å². The van der Waals surface area contributed by atoms with E-state index in [2.05, 4.69) is 43.0 Å². The van der Waals surface area contributed by atoms with Gasteiger partial charge in [-0.25, -0.2) is 0 Å². The first-order valence-corrected chi connectivity index (χ1v) is 7.85. The summed E-state index contributed by atoms with van der Waals surface area (Å²) in [6.07, 6.45) is 6.38. The number of rotatable bonds is 6. The van der Waals surface area contributed by atoms with Crippen molar-refractivity contribution in [2.24, 2.45) is 11.7 Å². The van der Waals surface area contributed by atoms with Crippen LogP contribution in [0.2, 0.25) is 0 Å². The summed E-state index contributed by atoms with van der Waals surface area (Å²) in [5, 5.41) is 0. The van der Waals surface area contributed by atoms with E-state index < -0.39 is 0 Å². The topological polar surface area (TPSA) is 29.3 Å². The molecular weight excluding hydrogens is 232 g/mol. The molecular formula is C17H28N2. The molecule has 2 rings (SSSR count). The maximum absolute atomic E-state index is 6.23. The quantitative estimate of drug-likeness (QED) is 0.834. The Morgan fingerprint density at radius 2 is 2.11 bits per heavy atom. The lowest BCUT2D eigenvalue weighted by atomic mass is 9.94. The molecule has 0 aromatic heterocycles. The van der Waals surface area contributed by atoms with Gasteiger partial charge in [-0.2, -0.15) is 0 Å². The van der Waals surface area contributed by atoms with Crippen molar-refractivity contribution in [1.82, 2.24) is 0 Å². The fourth-order valence-electron chi connectivity index (χ4n) is 3.08. The van der Waals surface area contributed by atoms with Crippen LogP contribution in [0.25, 0.3) is 0 Å². The number of benzene rings is 1. The molecule has 106 valence electrons. The van der Waals surface area contributed by atoms with Crippen molar-refractivity contribution in [3.63, 3.8) is 0 Å². The summed E-state index contributed by atoms with van der Waals surface area (Å²) in [6.45, 7) is 6.91. The highest BCUT2D eigenvalue weighted by molar-refractivity contribution is 5.56. The lowest BCUT2D eigenvalue weighted by Crippen LogP contribution is -2.37. The van der Waals surface area contributed by atoms with Crippen molar-refractivity contribution >= 4 is 5.69 Å². The van der Waals surface area contributed by atoms with E-state index in [4.69, 9.17) is 5.73 Å². The van der Waals surface area contributed by atoms with E-state index in [1.807, 2.05) is 0 Å². The first kappa shape index (κ1) is 14.4. The largest absolute Gasteiger partial charge is 0.371 e. The van der Waals surface area contributed by atoms with Crippen LogP contribution in [-0.4, -0.2) is 13.1 Å². The van der Waals surface area contributed by atoms with Crippen molar-refractivity contribution in [2.45, 2.75) is 52.0 Å². The molecule has 2 atom stereocenters. The van der Waals surface area contributed by atoms with Crippen LogP contribution in [0.4, 0.5) is 5.69 Å².